The maximum atomic E-state index is 13.8. The third-order valence-corrected chi connectivity index (χ3v) is 9.76. The molecular weight excluding hydrogens is 424 g/mol. The predicted octanol–water partition coefficient (Wildman–Crippen LogP) is 3.61. The van der Waals surface area contributed by atoms with E-state index in [1.165, 1.54) is 0 Å². The highest BCUT2D eigenvalue weighted by molar-refractivity contribution is 7.92. The number of rotatable bonds is 6. The molecular formula is C25H30N2O4S. The van der Waals surface area contributed by atoms with E-state index < -0.39 is 31.7 Å². The van der Waals surface area contributed by atoms with Gasteiger partial charge in [0.15, 0.2) is 9.84 Å². The van der Waals surface area contributed by atoms with Crippen LogP contribution in [-0.2, 0) is 21.7 Å². The van der Waals surface area contributed by atoms with Crippen molar-refractivity contribution in [2.75, 3.05) is 18.5 Å². The fraction of sp³-hybridized carbons (Fsp3) is 0.400. The first-order chi connectivity index (χ1) is 15.3. The first kappa shape index (κ1) is 22.4. The second-order valence-electron chi connectivity index (χ2n) is 8.82. The number of nitrogens with one attached hydrogen (secondary N) is 1. The molecule has 1 amide bonds. The van der Waals surface area contributed by atoms with Gasteiger partial charge in [-0.1, -0.05) is 30.3 Å². The van der Waals surface area contributed by atoms with E-state index in [0.29, 0.717) is 42.8 Å². The SMILES string of the molecule is C=CCC[C@@H](C)S(=O)(=O)C1CCc2ccccc2C12CNc1cc(C(N)=O)ccc1OC2. The minimum atomic E-state index is -3.45. The number of carbonyl (C=O) groups excluding carboxylic acids is 1. The van der Waals surface area contributed by atoms with Crippen LogP contribution in [0, 0.1) is 0 Å². The zero-order chi connectivity index (χ0) is 22.9. The van der Waals surface area contributed by atoms with Crippen molar-refractivity contribution in [1.82, 2.24) is 0 Å². The largest absolute Gasteiger partial charge is 0.490 e. The van der Waals surface area contributed by atoms with Gasteiger partial charge in [-0.15, -0.1) is 6.58 Å². The third-order valence-electron chi connectivity index (χ3n) is 6.92. The number of fused-ring (bicyclic) bond motifs is 3. The van der Waals surface area contributed by atoms with E-state index in [-0.39, 0.29) is 6.61 Å². The van der Waals surface area contributed by atoms with Gasteiger partial charge in [0.05, 0.1) is 21.6 Å². The maximum absolute atomic E-state index is 13.8. The second-order valence-corrected chi connectivity index (χ2v) is 11.4. The molecule has 7 heteroatoms. The smallest absolute Gasteiger partial charge is 0.248 e. The standard InChI is InChI=1S/C25H30N2O4S/c1-3-4-7-17(2)32(29,30)23-13-11-18-8-5-6-9-20(18)25(23)15-27-21-14-19(24(26)28)10-12-22(21)31-16-25/h3,5-6,8-10,12,14,17,23,27H,1,4,7,11,13,15-16H2,2H3,(H2,26,28)/t17-,23?,25?/m1/s1. The average Bonchev–Trinajstić information content (AvgIpc) is 2.97. The molecule has 6 nitrogen and oxygen atoms in total. The molecule has 0 radical (unpaired) electrons. The molecule has 32 heavy (non-hydrogen) atoms. The summed E-state index contributed by atoms with van der Waals surface area (Å²) in [5.74, 6) is 0.0684. The minimum Gasteiger partial charge on any atom is -0.490 e. The van der Waals surface area contributed by atoms with Crippen molar-refractivity contribution in [1.29, 1.82) is 0 Å². The summed E-state index contributed by atoms with van der Waals surface area (Å²) >= 11 is 0. The van der Waals surface area contributed by atoms with E-state index in [9.17, 15) is 13.2 Å². The zero-order valence-corrected chi connectivity index (χ0v) is 19.2. The molecule has 3 N–H and O–H groups in total. The second kappa shape index (κ2) is 8.62. The van der Waals surface area contributed by atoms with Crippen molar-refractivity contribution in [3.8, 4) is 5.75 Å². The highest BCUT2D eigenvalue weighted by Crippen LogP contribution is 2.45. The Hall–Kier alpha value is -2.80. The van der Waals surface area contributed by atoms with Gasteiger partial charge < -0.3 is 15.8 Å². The van der Waals surface area contributed by atoms with Crippen molar-refractivity contribution in [2.45, 2.75) is 48.5 Å². The number of ether oxygens (including phenoxy) is 1. The van der Waals surface area contributed by atoms with E-state index in [1.54, 1.807) is 31.2 Å². The summed E-state index contributed by atoms with van der Waals surface area (Å²) < 4.78 is 33.9. The number of primary amides is 1. The van der Waals surface area contributed by atoms with E-state index in [1.807, 2.05) is 18.2 Å². The fourth-order valence-corrected chi connectivity index (χ4v) is 7.45. The van der Waals surface area contributed by atoms with Crippen molar-refractivity contribution < 1.29 is 17.9 Å². The molecule has 2 aromatic carbocycles. The first-order valence-electron chi connectivity index (χ1n) is 11.0. The molecule has 2 aliphatic rings. The number of hydrogen-bond acceptors (Lipinski definition) is 5. The van der Waals surface area contributed by atoms with Crippen LogP contribution >= 0.6 is 0 Å². The van der Waals surface area contributed by atoms with Crippen LogP contribution in [0.5, 0.6) is 5.75 Å². The quantitative estimate of drug-likeness (QED) is 0.650. The van der Waals surface area contributed by atoms with Gasteiger partial charge in [0, 0.05) is 12.1 Å². The van der Waals surface area contributed by atoms with Crippen LogP contribution in [0.4, 0.5) is 5.69 Å². The fourth-order valence-electron chi connectivity index (χ4n) is 5.07. The minimum absolute atomic E-state index is 0.234. The summed E-state index contributed by atoms with van der Waals surface area (Å²) in [4.78, 5) is 11.6. The number of sulfone groups is 1. The predicted molar refractivity (Wildman–Crippen MR) is 127 cm³/mol. The molecule has 1 heterocycles. The highest BCUT2D eigenvalue weighted by Gasteiger charge is 2.52. The van der Waals surface area contributed by atoms with Gasteiger partial charge in [0.2, 0.25) is 5.91 Å². The van der Waals surface area contributed by atoms with Crippen LogP contribution in [-0.4, -0.2) is 38.0 Å². The summed E-state index contributed by atoms with van der Waals surface area (Å²) in [6, 6.07) is 13.1. The van der Waals surface area contributed by atoms with Gasteiger partial charge in [-0.25, -0.2) is 8.42 Å². The number of benzene rings is 2. The Bertz CT molecular complexity index is 1140. The van der Waals surface area contributed by atoms with Crippen LogP contribution in [0.1, 0.15) is 47.7 Å². The molecule has 1 aliphatic heterocycles. The number of hydrogen-bond donors (Lipinski definition) is 2. The highest BCUT2D eigenvalue weighted by atomic mass is 32.2. The number of nitrogens with two attached hydrogens (primary N) is 1. The summed E-state index contributed by atoms with van der Waals surface area (Å²) in [5, 5.41) is 2.34. The molecule has 0 saturated heterocycles. The van der Waals surface area contributed by atoms with E-state index >= 15 is 0 Å². The van der Waals surface area contributed by atoms with Crippen LogP contribution < -0.4 is 15.8 Å². The van der Waals surface area contributed by atoms with Crippen molar-refractivity contribution in [3.05, 3.63) is 71.8 Å². The number of carbonyl (C=O) groups is 1. The molecule has 1 spiro atoms. The number of anilines is 1. The van der Waals surface area contributed by atoms with Gasteiger partial charge in [0.25, 0.3) is 0 Å². The summed E-state index contributed by atoms with van der Waals surface area (Å²) in [7, 11) is -3.45. The molecule has 2 unspecified atom stereocenters. The maximum Gasteiger partial charge on any atom is 0.248 e. The molecule has 4 rings (SSSR count). The Morgan fingerprint density at radius 2 is 2.12 bits per heavy atom. The summed E-state index contributed by atoms with van der Waals surface area (Å²) in [6.45, 7) is 6.16. The molecule has 0 fully saturated rings. The van der Waals surface area contributed by atoms with Crippen LogP contribution in [0.15, 0.2) is 55.1 Å². The Kier molecular flexibility index (Phi) is 6.03. The summed E-state index contributed by atoms with van der Waals surface area (Å²) in [6.07, 6.45) is 4.24. The lowest BCUT2D eigenvalue weighted by atomic mass is 9.70. The van der Waals surface area contributed by atoms with Crippen LogP contribution in [0.2, 0.25) is 0 Å². The molecule has 0 saturated carbocycles. The number of allylic oxidation sites excluding steroid dienone is 1. The number of amides is 1. The number of aryl methyl sites for hydroxylation is 1. The molecule has 0 bridgehead atoms. The van der Waals surface area contributed by atoms with Crippen LogP contribution in [0.25, 0.3) is 0 Å². The third kappa shape index (κ3) is 3.79. The molecule has 1 aliphatic carbocycles. The van der Waals surface area contributed by atoms with Gasteiger partial charge >= 0.3 is 0 Å². The van der Waals surface area contributed by atoms with E-state index in [2.05, 4.69) is 18.0 Å². The Morgan fingerprint density at radius 1 is 1.34 bits per heavy atom. The van der Waals surface area contributed by atoms with Crippen LogP contribution in [0.3, 0.4) is 0 Å². The van der Waals surface area contributed by atoms with Gasteiger partial charge in [-0.3, -0.25) is 4.79 Å². The summed E-state index contributed by atoms with van der Waals surface area (Å²) in [5.41, 5.74) is 7.90. The Morgan fingerprint density at radius 3 is 2.88 bits per heavy atom. The van der Waals surface area contributed by atoms with Crippen molar-refractivity contribution in [3.63, 3.8) is 0 Å². The lowest BCUT2D eigenvalue weighted by Crippen LogP contribution is -2.56. The zero-order valence-electron chi connectivity index (χ0n) is 18.3. The molecule has 3 atom stereocenters. The van der Waals surface area contributed by atoms with E-state index in [0.717, 1.165) is 17.5 Å². The lowest BCUT2D eigenvalue weighted by Gasteiger charge is -2.44. The normalized spacial score (nSPS) is 23.1. The first-order valence-corrected chi connectivity index (χ1v) is 12.6. The van der Waals surface area contributed by atoms with E-state index in [4.69, 9.17) is 10.5 Å². The topological polar surface area (TPSA) is 98.5 Å². The Balaban J connectivity index is 1.78. The lowest BCUT2D eigenvalue weighted by molar-refractivity contribution is 0.1000. The van der Waals surface area contributed by atoms with Gasteiger partial charge in [-0.2, -0.15) is 0 Å². The van der Waals surface area contributed by atoms with Gasteiger partial charge in [-0.05, 0) is 61.9 Å². The van der Waals surface area contributed by atoms with Gasteiger partial charge in [0.1, 0.15) is 12.4 Å². The molecule has 0 aromatic heterocycles. The van der Waals surface area contributed by atoms with Crippen molar-refractivity contribution in [2.24, 2.45) is 5.73 Å². The Labute approximate surface area is 189 Å². The monoisotopic (exact) mass is 454 g/mol. The van der Waals surface area contributed by atoms with Crippen molar-refractivity contribution >= 4 is 21.4 Å². The molecule has 170 valence electrons. The average molecular weight is 455 g/mol. The molecule has 2 aromatic rings.